The van der Waals surface area contributed by atoms with Crippen LogP contribution in [0.3, 0.4) is 0 Å². The number of unbranched alkanes of at least 4 members (excludes halogenated alkanes) is 1. The molecule has 1 fully saturated rings. The first-order valence-electron chi connectivity index (χ1n) is 9.12. The zero-order valence-corrected chi connectivity index (χ0v) is 15.1. The molecule has 1 aromatic rings. The highest BCUT2D eigenvalue weighted by molar-refractivity contribution is 5.93. The molecule has 0 aliphatic carbocycles. The Kier molecular flexibility index (Phi) is 7.53. The Morgan fingerprint density at radius 2 is 2.04 bits per heavy atom. The van der Waals surface area contributed by atoms with E-state index in [0.717, 1.165) is 43.7 Å². The van der Waals surface area contributed by atoms with Gasteiger partial charge >= 0.3 is 0 Å². The maximum atomic E-state index is 12.3. The maximum Gasteiger partial charge on any atom is 0.238 e. The molecule has 1 aliphatic rings. The van der Waals surface area contributed by atoms with E-state index in [2.05, 4.69) is 29.3 Å². The summed E-state index contributed by atoms with van der Waals surface area (Å²) in [5, 5.41) is 12.2. The van der Waals surface area contributed by atoms with Gasteiger partial charge in [0.05, 0.1) is 13.2 Å². The molecular formula is C19H31N3O2. The maximum absolute atomic E-state index is 12.3. The van der Waals surface area contributed by atoms with Crippen LogP contribution in [-0.4, -0.2) is 55.2 Å². The smallest absolute Gasteiger partial charge is 0.238 e. The molecule has 1 saturated heterocycles. The summed E-state index contributed by atoms with van der Waals surface area (Å²) in [6.07, 6.45) is 4.64. The Hall–Kier alpha value is -1.59. The molecule has 1 heterocycles. The van der Waals surface area contributed by atoms with Crippen molar-refractivity contribution in [1.82, 2.24) is 4.90 Å². The molecule has 5 heteroatoms. The molecule has 1 aliphatic heterocycles. The van der Waals surface area contributed by atoms with E-state index in [-0.39, 0.29) is 12.5 Å². The zero-order valence-electron chi connectivity index (χ0n) is 15.1. The zero-order chi connectivity index (χ0) is 17.4. The summed E-state index contributed by atoms with van der Waals surface area (Å²) in [5.74, 6) is -0.0171. The van der Waals surface area contributed by atoms with E-state index in [0.29, 0.717) is 13.1 Å². The lowest BCUT2D eigenvalue weighted by Crippen LogP contribution is -2.36. The average molecular weight is 333 g/mol. The third kappa shape index (κ3) is 5.49. The van der Waals surface area contributed by atoms with Gasteiger partial charge in [0.1, 0.15) is 0 Å². The Morgan fingerprint density at radius 3 is 2.67 bits per heavy atom. The second-order valence-electron chi connectivity index (χ2n) is 6.59. The topological polar surface area (TPSA) is 55.8 Å². The normalized spacial score (nSPS) is 14.4. The number of anilines is 2. The van der Waals surface area contributed by atoms with Gasteiger partial charge in [-0.2, -0.15) is 0 Å². The van der Waals surface area contributed by atoms with Gasteiger partial charge in [0, 0.05) is 31.0 Å². The number of hydrogen-bond donors (Lipinski definition) is 2. The number of carbonyl (C=O) groups excluding carboxylic acids is 1. The first-order chi connectivity index (χ1) is 11.6. The molecule has 0 aromatic heterocycles. The summed E-state index contributed by atoms with van der Waals surface area (Å²) in [6.45, 7) is 8.21. The number of amides is 1. The molecule has 134 valence electrons. The fraction of sp³-hybridized carbons (Fsp3) is 0.632. The lowest BCUT2D eigenvalue weighted by molar-refractivity contribution is -0.117. The van der Waals surface area contributed by atoms with E-state index in [1.54, 1.807) is 0 Å². The minimum absolute atomic E-state index is 0.0171. The number of nitrogens with one attached hydrogen (secondary N) is 1. The Morgan fingerprint density at radius 1 is 1.29 bits per heavy atom. The highest BCUT2D eigenvalue weighted by Crippen LogP contribution is 2.25. The highest BCUT2D eigenvalue weighted by Gasteiger charge is 2.14. The summed E-state index contributed by atoms with van der Waals surface area (Å²) in [6, 6.07) is 6.25. The van der Waals surface area contributed by atoms with Gasteiger partial charge in [0.25, 0.3) is 0 Å². The summed E-state index contributed by atoms with van der Waals surface area (Å²) in [5.41, 5.74) is 3.21. The molecule has 0 radical (unpaired) electrons. The average Bonchev–Trinajstić information content (AvgIpc) is 3.09. The molecule has 0 bridgehead atoms. The van der Waals surface area contributed by atoms with Gasteiger partial charge < -0.3 is 15.3 Å². The van der Waals surface area contributed by atoms with Crippen molar-refractivity contribution in [3.63, 3.8) is 0 Å². The number of benzene rings is 1. The number of aryl methyl sites for hydroxylation is 1. The second-order valence-corrected chi connectivity index (χ2v) is 6.59. The Bertz CT molecular complexity index is 527. The van der Waals surface area contributed by atoms with Crippen molar-refractivity contribution in [2.45, 2.75) is 39.5 Å². The molecule has 1 aromatic carbocycles. The largest absolute Gasteiger partial charge is 0.395 e. The molecule has 0 saturated carbocycles. The molecule has 2 rings (SSSR count). The van der Waals surface area contributed by atoms with Crippen LogP contribution in [0.5, 0.6) is 0 Å². The van der Waals surface area contributed by atoms with E-state index in [1.807, 2.05) is 17.9 Å². The molecule has 0 unspecified atom stereocenters. The number of aliphatic hydroxyl groups excluding tert-OH is 1. The van der Waals surface area contributed by atoms with Crippen LogP contribution in [0.15, 0.2) is 18.2 Å². The van der Waals surface area contributed by atoms with Gasteiger partial charge in [0.2, 0.25) is 5.91 Å². The van der Waals surface area contributed by atoms with Crippen molar-refractivity contribution in [3.05, 3.63) is 23.8 Å². The van der Waals surface area contributed by atoms with Crippen molar-refractivity contribution >= 4 is 17.3 Å². The van der Waals surface area contributed by atoms with Gasteiger partial charge in [-0.25, -0.2) is 0 Å². The fourth-order valence-corrected chi connectivity index (χ4v) is 3.15. The van der Waals surface area contributed by atoms with Gasteiger partial charge in [-0.15, -0.1) is 0 Å². The first-order valence-corrected chi connectivity index (χ1v) is 9.12. The molecule has 0 atom stereocenters. The molecule has 1 amide bonds. The van der Waals surface area contributed by atoms with Crippen LogP contribution < -0.4 is 10.2 Å². The van der Waals surface area contributed by atoms with E-state index >= 15 is 0 Å². The van der Waals surface area contributed by atoms with Crippen LogP contribution >= 0.6 is 0 Å². The highest BCUT2D eigenvalue weighted by atomic mass is 16.3. The van der Waals surface area contributed by atoms with Crippen LogP contribution in [-0.2, 0) is 4.79 Å². The quantitative estimate of drug-likeness (QED) is 0.729. The monoisotopic (exact) mass is 333 g/mol. The van der Waals surface area contributed by atoms with Crippen molar-refractivity contribution in [1.29, 1.82) is 0 Å². The number of rotatable bonds is 9. The van der Waals surface area contributed by atoms with Crippen LogP contribution in [0.2, 0.25) is 0 Å². The van der Waals surface area contributed by atoms with Crippen LogP contribution in [0.4, 0.5) is 11.4 Å². The summed E-state index contributed by atoms with van der Waals surface area (Å²) < 4.78 is 0. The van der Waals surface area contributed by atoms with Crippen LogP contribution in [0.1, 0.15) is 38.2 Å². The fourth-order valence-electron chi connectivity index (χ4n) is 3.15. The number of hydrogen-bond acceptors (Lipinski definition) is 4. The van der Waals surface area contributed by atoms with Crippen molar-refractivity contribution in [2.75, 3.05) is 49.5 Å². The van der Waals surface area contributed by atoms with E-state index in [1.165, 1.54) is 18.5 Å². The second kappa shape index (κ2) is 9.64. The summed E-state index contributed by atoms with van der Waals surface area (Å²) in [4.78, 5) is 16.7. The van der Waals surface area contributed by atoms with E-state index < -0.39 is 0 Å². The minimum Gasteiger partial charge on any atom is -0.395 e. The predicted octanol–water partition coefficient (Wildman–Crippen LogP) is 2.63. The Labute approximate surface area is 145 Å². The van der Waals surface area contributed by atoms with Crippen molar-refractivity contribution in [2.24, 2.45) is 0 Å². The molecular weight excluding hydrogens is 302 g/mol. The molecule has 2 N–H and O–H groups in total. The van der Waals surface area contributed by atoms with E-state index in [4.69, 9.17) is 5.11 Å². The Balaban J connectivity index is 1.92. The molecule has 24 heavy (non-hydrogen) atoms. The molecule has 0 spiro atoms. The molecule has 5 nitrogen and oxygen atoms in total. The third-order valence-corrected chi connectivity index (χ3v) is 4.57. The predicted molar refractivity (Wildman–Crippen MR) is 99.7 cm³/mol. The summed E-state index contributed by atoms with van der Waals surface area (Å²) in [7, 11) is 0. The van der Waals surface area contributed by atoms with Gasteiger partial charge in [-0.3, -0.25) is 9.69 Å². The standard InChI is InChI=1S/C19H31N3O2/c1-3-4-9-21(12-13-23)15-19(24)20-18-8-7-17(14-16(18)2)22-10-5-6-11-22/h7-8,14,23H,3-6,9-13,15H2,1-2H3,(H,20,24). The third-order valence-electron chi connectivity index (χ3n) is 4.57. The number of aliphatic hydroxyl groups is 1. The minimum atomic E-state index is -0.0171. The van der Waals surface area contributed by atoms with Gasteiger partial charge in [-0.1, -0.05) is 13.3 Å². The lowest BCUT2D eigenvalue weighted by Gasteiger charge is -2.22. The van der Waals surface area contributed by atoms with E-state index in [9.17, 15) is 4.79 Å². The van der Waals surface area contributed by atoms with Crippen molar-refractivity contribution in [3.8, 4) is 0 Å². The first kappa shape index (κ1) is 18.7. The van der Waals surface area contributed by atoms with Gasteiger partial charge in [-0.05, 0) is 56.5 Å². The van der Waals surface area contributed by atoms with Crippen LogP contribution in [0, 0.1) is 6.92 Å². The van der Waals surface area contributed by atoms with Crippen LogP contribution in [0.25, 0.3) is 0 Å². The van der Waals surface area contributed by atoms with Crippen molar-refractivity contribution < 1.29 is 9.90 Å². The number of carbonyl (C=O) groups is 1. The van der Waals surface area contributed by atoms with Gasteiger partial charge in [0.15, 0.2) is 0 Å². The SMILES string of the molecule is CCCCN(CCO)CC(=O)Nc1ccc(N2CCCC2)cc1C. The lowest BCUT2D eigenvalue weighted by atomic mass is 10.1. The number of nitrogens with zero attached hydrogens (tertiary/aromatic N) is 2. The summed E-state index contributed by atoms with van der Waals surface area (Å²) >= 11 is 0.